The Morgan fingerprint density at radius 2 is 2.00 bits per heavy atom. The second-order valence-corrected chi connectivity index (χ2v) is 6.59. The van der Waals surface area contributed by atoms with Crippen LogP contribution in [0.3, 0.4) is 0 Å². The summed E-state index contributed by atoms with van der Waals surface area (Å²) in [6.45, 7) is 9.11. The third-order valence-corrected chi connectivity index (χ3v) is 4.91. The van der Waals surface area contributed by atoms with Crippen molar-refractivity contribution in [2.75, 3.05) is 26.2 Å². The van der Waals surface area contributed by atoms with E-state index in [0.29, 0.717) is 0 Å². The van der Waals surface area contributed by atoms with Crippen molar-refractivity contribution < 1.29 is 4.52 Å². The lowest BCUT2D eigenvalue weighted by atomic mass is 10.2. The van der Waals surface area contributed by atoms with Crippen molar-refractivity contribution in [2.24, 2.45) is 0 Å². The maximum absolute atomic E-state index is 5.40. The second-order valence-electron chi connectivity index (χ2n) is 6.59. The van der Waals surface area contributed by atoms with Crippen LogP contribution in [0.5, 0.6) is 0 Å². The van der Waals surface area contributed by atoms with Gasteiger partial charge in [0, 0.05) is 51.5 Å². The van der Waals surface area contributed by atoms with E-state index in [-0.39, 0.29) is 6.04 Å². The maximum Gasteiger partial charge on any atom is 0.243 e. The Balaban J connectivity index is 1.34. The number of hydrogen-bond donors (Lipinski definition) is 0. The molecule has 1 aliphatic rings. The minimum absolute atomic E-state index is 0.171. The van der Waals surface area contributed by atoms with Gasteiger partial charge in [0.2, 0.25) is 5.89 Å². The van der Waals surface area contributed by atoms with Crippen molar-refractivity contribution >= 4 is 5.65 Å². The Morgan fingerprint density at radius 3 is 2.72 bits per heavy atom. The first-order valence-electron chi connectivity index (χ1n) is 8.94. The summed E-state index contributed by atoms with van der Waals surface area (Å²) in [5.41, 5.74) is 2.13. The van der Waals surface area contributed by atoms with Crippen LogP contribution in [0.1, 0.15) is 37.3 Å². The van der Waals surface area contributed by atoms with E-state index in [9.17, 15) is 0 Å². The van der Waals surface area contributed by atoms with E-state index in [2.05, 4.69) is 37.5 Å². The smallest absolute Gasteiger partial charge is 0.243 e. The first-order valence-corrected chi connectivity index (χ1v) is 8.94. The van der Waals surface area contributed by atoms with E-state index in [0.717, 1.165) is 62.2 Å². The number of piperazine rings is 1. The van der Waals surface area contributed by atoms with Gasteiger partial charge >= 0.3 is 0 Å². The minimum Gasteiger partial charge on any atom is -0.338 e. The van der Waals surface area contributed by atoms with E-state index in [1.54, 1.807) is 0 Å². The van der Waals surface area contributed by atoms with E-state index in [1.807, 2.05) is 31.3 Å². The minimum atomic E-state index is 0.171. The van der Waals surface area contributed by atoms with Crippen LogP contribution in [-0.4, -0.2) is 55.5 Å². The summed E-state index contributed by atoms with van der Waals surface area (Å²) in [6, 6.07) is 6.26. The predicted octanol–water partition coefficient (Wildman–Crippen LogP) is 2.16. The van der Waals surface area contributed by atoms with E-state index < -0.39 is 0 Å². The fourth-order valence-corrected chi connectivity index (χ4v) is 3.34. The molecule has 0 spiro atoms. The quantitative estimate of drug-likeness (QED) is 0.709. The Morgan fingerprint density at radius 1 is 1.16 bits per heavy atom. The Bertz CT molecular complexity index is 800. The van der Waals surface area contributed by atoms with Crippen LogP contribution in [0.4, 0.5) is 0 Å². The van der Waals surface area contributed by atoms with E-state index in [1.165, 1.54) is 0 Å². The molecule has 7 heteroatoms. The molecule has 7 nitrogen and oxygen atoms in total. The highest BCUT2D eigenvalue weighted by Gasteiger charge is 2.25. The van der Waals surface area contributed by atoms with Gasteiger partial charge in [-0.1, -0.05) is 18.1 Å². The van der Waals surface area contributed by atoms with Gasteiger partial charge in [-0.15, -0.1) is 0 Å². The number of aromatic nitrogens is 4. The van der Waals surface area contributed by atoms with Crippen molar-refractivity contribution in [3.05, 3.63) is 48.0 Å². The normalized spacial score (nSPS) is 18.0. The zero-order chi connectivity index (χ0) is 17.2. The second kappa shape index (κ2) is 6.93. The SMILES string of the molecule is CCc1noc([C@@H](C)N2CCN(Cc3cn4ccccc4n3)CC2)n1. The number of pyridine rings is 1. The van der Waals surface area contributed by atoms with Crippen molar-refractivity contribution in [2.45, 2.75) is 32.9 Å². The number of hydrogen-bond acceptors (Lipinski definition) is 6. The molecule has 1 fully saturated rings. The Hall–Kier alpha value is -2.25. The highest BCUT2D eigenvalue weighted by Crippen LogP contribution is 2.21. The van der Waals surface area contributed by atoms with Gasteiger partial charge in [-0.2, -0.15) is 4.98 Å². The third kappa shape index (κ3) is 3.43. The fraction of sp³-hybridized carbons (Fsp3) is 0.500. The molecule has 0 aliphatic carbocycles. The highest BCUT2D eigenvalue weighted by atomic mass is 16.5. The van der Waals surface area contributed by atoms with Gasteiger partial charge in [0.05, 0.1) is 11.7 Å². The van der Waals surface area contributed by atoms with Crippen molar-refractivity contribution in [3.63, 3.8) is 0 Å². The standard InChI is InChI=1S/C18H24N6O/c1-3-16-20-18(25-21-16)14(2)23-10-8-22(9-11-23)12-15-13-24-7-5-4-6-17(24)19-15/h4-7,13-14H,3,8-12H2,1-2H3/t14-/m1/s1. The summed E-state index contributed by atoms with van der Waals surface area (Å²) in [5, 5.41) is 4.01. The zero-order valence-electron chi connectivity index (χ0n) is 14.8. The lowest BCUT2D eigenvalue weighted by Gasteiger charge is -2.36. The van der Waals surface area contributed by atoms with Crippen molar-refractivity contribution in [1.29, 1.82) is 0 Å². The molecule has 0 N–H and O–H groups in total. The zero-order valence-corrected chi connectivity index (χ0v) is 14.8. The van der Waals surface area contributed by atoms with Gasteiger partial charge < -0.3 is 8.92 Å². The summed E-state index contributed by atoms with van der Waals surface area (Å²) in [6.07, 6.45) is 4.97. The molecule has 0 unspecified atom stereocenters. The van der Waals surface area contributed by atoms with Crippen LogP contribution in [-0.2, 0) is 13.0 Å². The molecule has 1 atom stereocenters. The average molecular weight is 340 g/mol. The molecule has 0 aromatic carbocycles. The maximum atomic E-state index is 5.40. The highest BCUT2D eigenvalue weighted by molar-refractivity contribution is 5.39. The molecule has 0 bridgehead atoms. The Labute approximate surface area is 147 Å². The first kappa shape index (κ1) is 16.2. The molecule has 0 amide bonds. The molecule has 0 radical (unpaired) electrons. The van der Waals surface area contributed by atoms with Crippen LogP contribution in [0.2, 0.25) is 0 Å². The number of aryl methyl sites for hydroxylation is 1. The molecular weight excluding hydrogens is 316 g/mol. The summed E-state index contributed by atoms with van der Waals surface area (Å²) < 4.78 is 7.48. The molecule has 25 heavy (non-hydrogen) atoms. The van der Waals surface area contributed by atoms with Gasteiger partial charge in [0.15, 0.2) is 5.82 Å². The first-order chi connectivity index (χ1) is 12.2. The molecule has 0 saturated carbocycles. The number of rotatable bonds is 5. The number of imidazole rings is 1. The largest absolute Gasteiger partial charge is 0.338 e. The van der Waals surface area contributed by atoms with Crippen molar-refractivity contribution in [3.8, 4) is 0 Å². The molecule has 4 rings (SSSR count). The molecule has 1 saturated heterocycles. The van der Waals surface area contributed by atoms with Crippen LogP contribution < -0.4 is 0 Å². The summed E-state index contributed by atoms with van der Waals surface area (Å²) in [7, 11) is 0. The van der Waals surface area contributed by atoms with Crippen LogP contribution in [0.25, 0.3) is 5.65 Å². The molecule has 3 aromatic heterocycles. The molecule has 132 valence electrons. The van der Waals surface area contributed by atoms with Gasteiger partial charge in [-0.05, 0) is 19.1 Å². The summed E-state index contributed by atoms with van der Waals surface area (Å²) in [4.78, 5) is 14.0. The van der Waals surface area contributed by atoms with Crippen LogP contribution >= 0.6 is 0 Å². The third-order valence-electron chi connectivity index (χ3n) is 4.91. The van der Waals surface area contributed by atoms with E-state index >= 15 is 0 Å². The lowest BCUT2D eigenvalue weighted by molar-refractivity contribution is 0.0839. The van der Waals surface area contributed by atoms with Crippen molar-refractivity contribution in [1.82, 2.24) is 29.3 Å². The topological polar surface area (TPSA) is 62.7 Å². The van der Waals surface area contributed by atoms with Gasteiger partial charge in [0.25, 0.3) is 0 Å². The lowest BCUT2D eigenvalue weighted by Crippen LogP contribution is -2.46. The molecule has 4 heterocycles. The van der Waals surface area contributed by atoms with Gasteiger partial charge in [-0.25, -0.2) is 4.98 Å². The molecule has 1 aliphatic heterocycles. The Kier molecular flexibility index (Phi) is 4.50. The van der Waals surface area contributed by atoms with Gasteiger partial charge in [-0.3, -0.25) is 9.80 Å². The molecular formula is C18H24N6O. The fourth-order valence-electron chi connectivity index (χ4n) is 3.34. The monoisotopic (exact) mass is 340 g/mol. The van der Waals surface area contributed by atoms with Crippen LogP contribution in [0.15, 0.2) is 35.1 Å². The summed E-state index contributed by atoms with van der Waals surface area (Å²) in [5.74, 6) is 1.51. The van der Waals surface area contributed by atoms with Gasteiger partial charge in [0.1, 0.15) is 5.65 Å². The van der Waals surface area contributed by atoms with Crippen LogP contribution in [0, 0.1) is 0 Å². The predicted molar refractivity (Wildman–Crippen MR) is 94.1 cm³/mol. The van der Waals surface area contributed by atoms with E-state index in [4.69, 9.17) is 9.51 Å². The summed E-state index contributed by atoms with van der Waals surface area (Å²) >= 11 is 0. The molecule has 3 aromatic rings. The number of nitrogens with zero attached hydrogens (tertiary/aromatic N) is 6. The number of fused-ring (bicyclic) bond motifs is 1. The average Bonchev–Trinajstić information content (AvgIpc) is 3.28.